The van der Waals surface area contributed by atoms with Crippen molar-refractivity contribution in [3.63, 3.8) is 0 Å². The van der Waals surface area contributed by atoms with E-state index in [1.54, 1.807) is 13.8 Å². The molecule has 0 aromatic carbocycles. The zero-order valence-electron chi connectivity index (χ0n) is 13.9. The molecule has 0 fully saturated rings. The number of amides is 1. The van der Waals surface area contributed by atoms with Crippen LogP contribution in [-0.2, 0) is 4.79 Å². The van der Waals surface area contributed by atoms with Crippen molar-refractivity contribution in [3.8, 4) is 0 Å². The van der Waals surface area contributed by atoms with E-state index in [1.165, 1.54) is 6.92 Å². The van der Waals surface area contributed by atoms with Gasteiger partial charge >= 0.3 is 0 Å². The van der Waals surface area contributed by atoms with E-state index in [9.17, 15) is 19.8 Å². The Labute approximate surface area is 138 Å². The molecule has 0 spiro atoms. The topological polar surface area (TPSA) is 171 Å². The molecule has 24 heavy (non-hydrogen) atoms. The third-order valence-corrected chi connectivity index (χ3v) is 4.09. The van der Waals surface area contributed by atoms with Crippen LogP contribution in [0.5, 0.6) is 0 Å². The maximum absolute atomic E-state index is 12.8. The fourth-order valence-electron chi connectivity index (χ4n) is 2.60. The molecule has 0 saturated heterocycles. The first-order chi connectivity index (χ1) is 11.1. The van der Waals surface area contributed by atoms with E-state index in [0.717, 1.165) is 4.90 Å². The lowest BCUT2D eigenvalue weighted by atomic mass is 9.98. The zero-order chi connectivity index (χ0) is 18.2. The highest BCUT2D eigenvalue weighted by Crippen LogP contribution is 2.29. The van der Waals surface area contributed by atoms with Crippen LogP contribution in [0.4, 0.5) is 17.5 Å². The molecule has 1 aliphatic rings. The van der Waals surface area contributed by atoms with Gasteiger partial charge in [0.2, 0.25) is 11.9 Å². The Morgan fingerprint density at radius 3 is 2.54 bits per heavy atom. The fraction of sp³-hybridized carbons (Fsp3) is 0.643. The number of H-pyrrole nitrogens is 1. The summed E-state index contributed by atoms with van der Waals surface area (Å²) in [6.07, 6.45) is -2.38. The van der Waals surface area contributed by atoms with Gasteiger partial charge < -0.3 is 27.0 Å². The number of nitrogens with one attached hydrogen (secondary N) is 2. The quantitative estimate of drug-likeness (QED) is 0.373. The van der Waals surface area contributed by atoms with Gasteiger partial charge in [0, 0.05) is 6.54 Å². The van der Waals surface area contributed by atoms with E-state index < -0.39 is 35.8 Å². The van der Waals surface area contributed by atoms with Crippen LogP contribution in [-0.4, -0.2) is 56.9 Å². The predicted octanol–water partition coefficient (Wildman–Crippen LogP) is -1.80. The SMILES string of the molecule is CC(C)[C@H](N)C(=O)N1c2c(nc(N)[nH]c2=O)NCC1[C@@H](O)[C@H](C)O. The molecule has 10 heteroatoms. The van der Waals surface area contributed by atoms with Gasteiger partial charge in [-0.05, 0) is 12.8 Å². The van der Waals surface area contributed by atoms with Crippen LogP contribution in [0.2, 0.25) is 0 Å². The van der Waals surface area contributed by atoms with Crippen molar-refractivity contribution in [1.82, 2.24) is 9.97 Å². The number of aromatic amines is 1. The van der Waals surface area contributed by atoms with Gasteiger partial charge in [-0.15, -0.1) is 0 Å². The maximum Gasteiger partial charge on any atom is 0.278 e. The molecule has 0 radical (unpaired) electrons. The molecule has 1 aromatic rings. The standard InChI is InChI=1S/C14H24N6O4/c1-5(2)8(15)13(24)20-7(10(22)6(3)21)4-17-11-9(20)12(23)19-14(16)18-11/h5-8,10,21-22H,4,15H2,1-3H3,(H4,16,17,18,19,23)/t6-,7?,8-,10-/m0/s1. The Bertz CT molecular complexity index is 674. The van der Waals surface area contributed by atoms with Crippen LogP contribution in [0.1, 0.15) is 20.8 Å². The average Bonchev–Trinajstić information content (AvgIpc) is 2.51. The molecule has 0 saturated carbocycles. The van der Waals surface area contributed by atoms with Gasteiger partial charge in [-0.1, -0.05) is 13.8 Å². The number of hydrogen-bond acceptors (Lipinski definition) is 8. The van der Waals surface area contributed by atoms with Crippen molar-refractivity contribution in [2.45, 2.75) is 45.1 Å². The minimum atomic E-state index is -1.27. The van der Waals surface area contributed by atoms with E-state index in [2.05, 4.69) is 15.3 Å². The molecule has 1 aromatic heterocycles. The molecular weight excluding hydrogens is 316 g/mol. The number of aliphatic hydroxyl groups is 2. The summed E-state index contributed by atoms with van der Waals surface area (Å²) >= 11 is 0. The van der Waals surface area contributed by atoms with Crippen LogP contribution in [0, 0.1) is 5.92 Å². The summed E-state index contributed by atoms with van der Waals surface area (Å²) in [6, 6.07) is -1.75. The number of rotatable bonds is 4. The van der Waals surface area contributed by atoms with Crippen LogP contribution >= 0.6 is 0 Å². The number of aliphatic hydroxyl groups excluding tert-OH is 2. The molecular formula is C14H24N6O4. The summed E-state index contributed by atoms with van der Waals surface area (Å²) in [5.41, 5.74) is 10.8. The van der Waals surface area contributed by atoms with Crippen LogP contribution in [0.15, 0.2) is 4.79 Å². The second-order valence-corrected chi connectivity index (χ2v) is 6.31. The summed E-state index contributed by atoms with van der Waals surface area (Å²) in [5, 5.41) is 22.9. The minimum absolute atomic E-state index is 0.0683. The van der Waals surface area contributed by atoms with Gasteiger partial charge in [-0.2, -0.15) is 4.98 Å². The lowest BCUT2D eigenvalue weighted by Gasteiger charge is -2.41. The highest BCUT2D eigenvalue weighted by atomic mass is 16.3. The fourth-order valence-corrected chi connectivity index (χ4v) is 2.60. The first-order valence-corrected chi connectivity index (χ1v) is 7.73. The van der Waals surface area contributed by atoms with Gasteiger partial charge in [-0.25, -0.2) is 0 Å². The molecule has 1 aliphatic heterocycles. The number of carbonyl (C=O) groups excluding carboxylic acids is 1. The average molecular weight is 340 g/mol. The van der Waals surface area contributed by atoms with Crippen molar-refractivity contribution in [2.75, 3.05) is 22.5 Å². The molecule has 1 unspecified atom stereocenters. The van der Waals surface area contributed by atoms with Crippen LogP contribution in [0.25, 0.3) is 0 Å². The van der Waals surface area contributed by atoms with Gasteiger partial charge in [0.1, 0.15) is 6.10 Å². The number of anilines is 3. The smallest absolute Gasteiger partial charge is 0.278 e. The van der Waals surface area contributed by atoms with E-state index in [-0.39, 0.29) is 29.9 Å². The molecule has 10 nitrogen and oxygen atoms in total. The second kappa shape index (κ2) is 6.75. The maximum atomic E-state index is 12.8. The summed E-state index contributed by atoms with van der Waals surface area (Å²) in [4.78, 5) is 32.6. The lowest BCUT2D eigenvalue weighted by Crippen LogP contribution is -2.61. The summed E-state index contributed by atoms with van der Waals surface area (Å²) < 4.78 is 0. The second-order valence-electron chi connectivity index (χ2n) is 6.31. The summed E-state index contributed by atoms with van der Waals surface area (Å²) in [7, 11) is 0. The molecule has 0 bridgehead atoms. The highest BCUT2D eigenvalue weighted by Gasteiger charge is 2.41. The number of fused-ring (bicyclic) bond motifs is 1. The van der Waals surface area contributed by atoms with Gasteiger partial charge in [-0.3, -0.25) is 19.5 Å². The zero-order valence-corrected chi connectivity index (χ0v) is 13.9. The Morgan fingerprint density at radius 1 is 1.38 bits per heavy atom. The summed E-state index contributed by atoms with van der Waals surface area (Å²) in [5.74, 6) is -0.675. The van der Waals surface area contributed by atoms with E-state index >= 15 is 0 Å². The lowest BCUT2D eigenvalue weighted by molar-refractivity contribution is -0.122. The van der Waals surface area contributed by atoms with Crippen molar-refractivity contribution < 1.29 is 15.0 Å². The molecule has 2 rings (SSSR count). The molecule has 0 aliphatic carbocycles. The third kappa shape index (κ3) is 3.21. The number of carbonyl (C=O) groups is 1. The normalized spacial score (nSPS) is 21.0. The predicted molar refractivity (Wildman–Crippen MR) is 89.5 cm³/mol. The molecule has 8 N–H and O–H groups in total. The number of nitrogens with zero attached hydrogens (tertiary/aromatic N) is 2. The van der Waals surface area contributed by atoms with Gasteiger partial charge in [0.05, 0.1) is 18.2 Å². The Kier molecular flexibility index (Phi) is 5.11. The minimum Gasteiger partial charge on any atom is -0.391 e. The highest BCUT2D eigenvalue weighted by molar-refractivity contribution is 6.00. The first-order valence-electron chi connectivity index (χ1n) is 7.73. The molecule has 134 valence electrons. The Balaban J connectivity index is 2.57. The third-order valence-electron chi connectivity index (χ3n) is 4.09. The van der Waals surface area contributed by atoms with Crippen molar-refractivity contribution >= 4 is 23.4 Å². The first kappa shape index (κ1) is 18.2. The number of aromatic nitrogens is 2. The van der Waals surface area contributed by atoms with Crippen molar-refractivity contribution in [1.29, 1.82) is 0 Å². The Morgan fingerprint density at radius 2 is 2.00 bits per heavy atom. The largest absolute Gasteiger partial charge is 0.391 e. The van der Waals surface area contributed by atoms with E-state index in [0.29, 0.717) is 0 Å². The van der Waals surface area contributed by atoms with E-state index in [4.69, 9.17) is 11.5 Å². The number of nitrogen functional groups attached to an aromatic ring is 1. The van der Waals surface area contributed by atoms with Crippen LogP contribution < -0.4 is 27.2 Å². The van der Waals surface area contributed by atoms with Gasteiger partial charge in [0.15, 0.2) is 11.5 Å². The molecule has 2 heterocycles. The monoisotopic (exact) mass is 340 g/mol. The van der Waals surface area contributed by atoms with Crippen LogP contribution in [0.3, 0.4) is 0 Å². The molecule has 1 amide bonds. The Hall–Kier alpha value is -2.17. The van der Waals surface area contributed by atoms with E-state index in [1.807, 2.05) is 0 Å². The number of nitrogens with two attached hydrogens (primary N) is 2. The van der Waals surface area contributed by atoms with Gasteiger partial charge in [0.25, 0.3) is 5.56 Å². The summed E-state index contributed by atoms with van der Waals surface area (Å²) in [6.45, 7) is 5.04. The molecule has 4 atom stereocenters. The van der Waals surface area contributed by atoms with Crippen molar-refractivity contribution in [2.24, 2.45) is 11.7 Å². The number of hydrogen-bond donors (Lipinski definition) is 6. The van der Waals surface area contributed by atoms with Crippen molar-refractivity contribution in [3.05, 3.63) is 10.4 Å².